The molecule has 6 nitrogen and oxygen atoms in total. The SMILES string of the molecule is CC(C)[C@H](N)C(=O)NCC(=O)N1CC(C)N(C)C(C)C1. The molecule has 0 bridgehead atoms. The van der Waals surface area contributed by atoms with Crippen molar-refractivity contribution in [2.75, 3.05) is 26.7 Å². The average Bonchev–Trinajstić information content (AvgIpc) is 2.39. The van der Waals surface area contributed by atoms with Gasteiger partial charge in [0.05, 0.1) is 12.6 Å². The van der Waals surface area contributed by atoms with Gasteiger partial charge in [0.1, 0.15) is 0 Å². The van der Waals surface area contributed by atoms with E-state index < -0.39 is 6.04 Å². The van der Waals surface area contributed by atoms with Crippen LogP contribution in [0, 0.1) is 5.92 Å². The number of nitrogens with zero attached hydrogens (tertiary/aromatic N) is 2. The highest BCUT2D eigenvalue weighted by molar-refractivity contribution is 5.87. The molecule has 0 spiro atoms. The Hall–Kier alpha value is -1.14. The van der Waals surface area contributed by atoms with Crippen LogP contribution in [0.5, 0.6) is 0 Å². The molecule has 6 heteroatoms. The zero-order chi connectivity index (χ0) is 15.4. The lowest BCUT2D eigenvalue weighted by molar-refractivity contribution is -0.136. The Morgan fingerprint density at radius 1 is 1.25 bits per heavy atom. The van der Waals surface area contributed by atoms with Crippen LogP contribution in [0.2, 0.25) is 0 Å². The fourth-order valence-corrected chi connectivity index (χ4v) is 2.30. The third kappa shape index (κ3) is 4.18. The summed E-state index contributed by atoms with van der Waals surface area (Å²) in [6, 6.07) is 0.0979. The molecule has 3 N–H and O–H groups in total. The Labute approximate surface area is 121 Å². The van der Waals surface area contributed by atoms with E-state index in [1.165, 1.54) is 0 Å². The van der Waals surface area contributed by atoms with Gasteiger partial charge in [-0.05, 0) is 26.8 Å². The molecule has 1 fully saturated rings. The van der Waals surface area contributed by atoms with Gasteiger partial charge >= 0.3 is 0 Å². The van der Waals surface area contributed by atoms with Crippen molar-refractivity contribution in [2.45, 2.75) is 45.8 Å². The summed E-state index contributed by atoms with van der Waals surface area (Å²) in [4.78, 5) is 28.0. The van der Waals surface area contributed by atoms with Crippen molar-refractivity contribution in [3.63, 3.8) is 0 Å². The predicted octanol–water partition coefficient (Wildman–Crippen LogP) is -0.363. The number of carbonyl (C=O) groups is 2. The smallest absolute Gasteiger partial charge is 0.242 e. The Morgan fingerprint density at radius 2 is 1.75 bits per heavy atom. The van der Waals surface area contributed by atoms with Gasteiger partial charge in [-0.15, -0.1) is 0 Å². The third-order valence-corrected chi connectivity index (χ3v) is 4.15. The van der Waals surface area contributed by atoms with Crippen LogP contribution in [0.3, 0.4) is 0 Å². The summed E-state index contributed by atoms with van der Waals surface area (Å²) in [7, 11) is 2.07. The first-order chi connectivity index (χ1) is 9.23. The zero-order valence-electron chi connectivity index (χ0n) is 13.2. The molecular formula is C14H28N4O2. The Morgan fingerprint density at radius 3 is 2.20 bits per heavy atom. The van der Waals surface area contributed by atoms with Crippen LogP contribution >= 0.6 is 0 Å². The van der Waals surface area contributed by atoms with Crippen molar-refractivity contribution < 1.29 is 9.59 Å². The quantitative estimate of drug-likeness (QED) is 0.739. The van der Waals surface area contributed by atoms with E-state index in [-0.39, 0.29) is 24.3 Å². The number of nitrogens with one attached hydrogen (secondary N) is 1. The lowest BCUT2D eigenvalue weighted by Gasteiger charge is -2.42. The second-order valence-corrected chi connectivity index (χ2v) is 6.15. The van der Waals surface area contributed by atoms with Crippen LogP contribution < -0.4 is 11.1 Å². The second kappa shape index (κ2) is 7.04. The summed E-state index contributed by atoms with van der Waals surface area (Å²) >= 11 is 0. The summed E-state index contributed by atoms with van der Waals surface area (Å²) in [5.74, 6) is -0.238. The number of piperazine rings is 1. The lowest BCUT2D eigenvalue weighted by atomic mass is 10.1. The standard InChI is InChI=1S/C14H28N4O2/c1-9(2)13(15)14(20)16-6-12(19)18-7-10(3)17(5)11(4)8-18/h9-11,13H,6-8,15H2,1-5H3,(H,16,20)/t10?,11?,13-/m0/s1. The molecule has 1 aliphatic heterocycles. The molecule has 1 aliphatic rings. The molecule has 116 valence electrons. The van der Waals surface area contributed by atoms with Crippen molar-refractivity contribution in [3.8, 4) is 0 Å². The number of carbonyl (C=O) groups excluding carboxylic acids is 2. The van der Waals surface area contributed by atoms with Crippen molar-refractivity contribution in [2.24, 2.45) is 11.7 Å². The molecule has 0 saturated carbocycles. The fourth-order valence-electron chi connectivity index (χ4n) is 2.30. The van der Waals surface area contributed by atoms with Gasteiger partial charge in [-0.25, -0.2) is 0 Å². The Bertz CT molecular complexity index is 347. The average molecular weight is 284 g/mol. The summed E-state index contributed by atoms with van der Waals surface area (Å²) < 4.78 is 0. The topological polar surface area (TPSA) is 78.7 Å². The van der Waals surface area contributed by atoms with Crippen molar-refractivity contribution in [1.29, 1.82) is 0 Å². The van der Waals surface area contributed by atoms with Crippen LogP contribution in [0.4, 0.5) is 0 Å². The van der Waals surface area contributed by atoms with Crippen LogP contribution in [0.1, 0.15) is 27.7 Å². The first-order valence-electron chi connectivity index (χ1n) is 7.27. The van der Waals surface area contributed by atoms with E-state index in [0.717, 1.165) is 0 Å². The number of hydrogen-bond acceptors (Lipinski definition) is 4. The van der Waals surface area contributed by atoms with Gasteiger partial charge in [-0.2, -0.15) is 0 Å². The highest BCUT2D eigenvalue weighted by Crippen LogP contribution is 2.13. The first-order valence-corrected chi connectivity index (χ1v) is 7.27. The van der Waals surface area contributed by atoms with Gasteiger partial charge in [0.25, 0.3) is 0 Å². The number of amides is 2. The molecule has 0 aromatic rings. The molecule has 1 saturated heterocycles. The van der Waals surface area contributed by atoms with Gasteiger partial charge in [-0.3, -0.25) is 14.5 Å². The van der Waals surface area contributed by atoms with E-state index >= 15 is 0 Å². The van der Waals surface area contributed by atoms with Gasteiger partial charge in [-0.1, -0.05) is 13.8 Å². The Kier molecular flexibility index (Phi) is 5.95. The van der Waals surface area contributed by atoms with Gasteiger partial charge in [0.2, 0.25) is 11.8 Å². The summed E-state index contributed by atoms with van der Waals surface area (Å²) in [5, 5.41) is 2.63. The highest BCUT2D eigenvalue weighted by Gasteiger charge is 2.29. The molecule has 0 radical (unpaired) electrons. The molecule has 0 aromatic carbocycles. The van der Waals surface area contributed by atoms with Gasteiger partial charge < -0.3 is 16.0 Å². The molecule has 1 rings (SSSR count). The van der Waals surface area contributed by atoms with Crippen LogP contribution in [-0.2, 0) is 9.59 Å². The number of likely N-dealkylation sites (N-methyl/N-ethyl adjacent to an activating group) is 1. The molecular weight excluding hydrogens is 256 g/mol. The monoisotopic (exact) mass is 284 g/mol. The minimum absolute atomic E-state index is 0.0302. The maximum atomic E-state index is 12.1. The number of nitrogens with two attached hydrogens (primary N) is 1. The summed E-state index contributed by atoms with van der Waals surface area (Å²) in [6.45, 7) is 9.40. The van der Waals surface area contributed by atoms with E-state index in [1.807, 2.05) is 18.7 Å². The van der Waals surface area contributed by atoms with Crippen molar-refractivity contribution in [3.05, 3.63) is 0 Å². The van der Waals surface area contributed by atoms with Crippen molar-refractivity contribution >= 4 is 11.8 Å². The number of rotatable bonds is 4. The molecule has 2 unspecified atom stereocenters. The molecule has 0 aliphatic carbocycles. The third-order valence-electron chi connectivity index (χ3n) is 4.15. The normalized spacial score (nSPS) is 25.6. The predicted molar refractivity (Wildman–Crippen MR) is 79.1 cm³/mol. The van der Waals surface area contributed by atoms with Gasteiger partial charge in [0.15, 0.2) is 0 Å². The minimum Gasteiger partial charge on any atom is -0.346 e. The summed E-state index contributed by atoms with van der Waals surface area (Å²) in [6.07, 6.45) is 0. The zero-order valence-corrected chi connectivity index (χ0v) is 13.2. The fraction of sp³-hybridized carbons (Fsp3) is 0.857. The Balaban J connectivity index is 2.46. The largest absolute Gasteiger partial charge is 0.346 e. The first kappa shape index (κ1) is 16.9. The van der Waals surface area contributed by atoms with E-state index in [1.54, 1.807) is 0 Å². The molecule has 1 heterocycles. The molecule has 2 amide bonds. The lowest BCUT2D eigenvalue weighted by Crippen LogP contribution is -2.58. The van der Waals surface area contributed by atoms with E-state index in [4.69, 9.17) is 5.73 Å². The molecule has 3 atom stereocenters. The van der Waals surface area contributed by atoms with E-state index in [9.17, 15) is 9.59 Å². The molecule has 0 aromatic heterocycles. The highest BCUT2D eigenvalue weighted by atomic mass is 16.2. The minimum atomic E-state index is -0.562. The maximum Gasteiger partial charge on any atom is 0.242 e. The van der Waals surface area contributed by atoms with E-state index in [0.29, 0.717) is 25.2 Å². The van der Waals surface area contributed by atoms with Crippen LogP contribution in [0.15, 0.2) is 0 Å². The van der Waals surface area contributed by atoms with Gasteiger partial charge in [0, 0.05) is 25.2 Å². The maximum absolute atomic E-state index is 12.1. The summed E-state index contributed by atoms with van der Waals surface area (Å²) in [5.41, 5.74) is 5.74. The van der Waals surface area contributed by atoms with Crippen LogP contribution in [-0.4, -0.2) is 66.4 Å². The molecule has 20 heavy (non-hydrogen) atoms. The van der Waals surface area contributed by atoms with E-state index in [2.05, 4.69) is 31.1 Å². The van der Waals surface area contributed by atoms with Crippen LogP contribution in [0.25, 0.3) is 0 Å². The van der Waals surface area contributed by atoms with Crippen molar-refractivity contribution in [1.82, 2.24) is 15.1 Å². The number of hydrogen-bond donors (Lipinski definition) is 2. The second-order valence-electron chi connectivity index (χ2n) is 6.15.